The molecule has 0 bridgehead atoms. The molecule has 0 spiro atoms. The summed E-state index contributed by atoms with van der Waals surface area (Å²) in [6.07, 6.45) is 2.80. The van der Waals surface area contributed by atoms with Crippen LogP contribution in [0.4, 0.5) is 0 Å². The molecule has 1 aliphatic rings. The highest BCUT2D eigenvalue weighted by molar-refractivity contribution is 5.84. The third-order valence-corrected chi connectivity index (χ3v) is 5.65. The average molecular weight is 400 g/mol. The van der Waals surface area contributed by atoms with Crippen LogP contribution < -0.4 is 10.3 Å². The van der Waals surface area contributed by atoms with E-state index in [-0.39, 0.29) is 5.56 Å². The van der Waals surface area contributed by atoms with Crippen molar-refractivity contribution in [3.63, 3.8) is 0 Å². The van der Waals surface area contributed by atoms with E-state index in [0.29, 0.717) is 19.0 Å². The summed E-state index contributed by atoms with van der Waals surface area (Å²) in [5.74, 6) is 1.54. The maximum Gasteiger partial charge on any atom is 0.254 e. The van der Waals surface area contributed by atoms with Crippen molar-refractivity contribution in [3.8, 4) is 5.75 Å². The first kappa shape index (κ1) is 18.6. The van der Waals surface area contributed by atoms with Crippen molar-refractivity contribution in [2.75, 3.05) is 6.54 Å². The van der Waals surface area contributed by atoms with Gasteiger partial charge in [0, 0.05) is 42.3 Å². The van der Waals surface area contributed by atoms with Crippen molar-refractivity contribution >= 4 is 10.9 Å². The Kier molecular flexibility index (Phi) is 4.85. The lowest BCUT2D eigenvalue weighted by Crippen LogP contribution is -2.35. The van der Waals surface area contributed by atoms with E-state index < -0.39 is 0 Å². The summed E-state index contributed by atoms with van der Waals surface area (Å²) >= 11 is 0. The van der Waals surface area contributed by atoms with Gasteiger partial charge in [-0.05, 0) is 42.7 Å². The molecule has 0 atom stereocenters. The number of nitrogens with zero attached hydrogens (tertiary/aromatic N) is 2. The lowest BCUT2D eigenvalue weighted by molar-refractivity contribution is 0.241. The van der Waals surface area contributed by atoms with Gasteiger partial charge in [-0.25, -0.2) is 4.98 Å². The first-order chi connectivity index (χ1) is 14.7. The van der Waals surface area contributed by atoms with E-state index in [0.717, 1.165) is 47.6 Å². The predicted molar refractivity (Wildman–Crippen MR) is 116 cm³/mol. The Morgan fingerprint density at radius 2 is 2.03 bits per heavy atom. The molecule has 0 unspecified atom stereocenters. The number of benzene rings is 2. The number of fused-ring (bicyclic) bond motifs is 2. The number of rotatable bonds is 5. The largest absolute Gasteiger partial charge is 0.489 e. The fourth-order valence-corrected chi connectivity index (χ4v) is 4.11. The van der Waals surface area contributed by atoms with E-state index in [2.05, 4.69) is 50.3 Å². The molecule has 2 aromatic heterocycles. The molecule has 0 aliphatic carbocycles. The molecule has 0 saturated heterocycles. The summed E-state index contributed by atoms with van der Waals surface area (Å²) in [5, 5.41) is 1.17. The monoisotopic (exact) mass is 400 g/mol. The third-order valence-electron chi connectivity index (χ3n) is 5.65. The van der Waals surface area contributed by atoms with Crippen molar-refractivity contribution in [1.29, 1.82) is 0 Å². The van der Waals surface area contributed by atoms with Crippen molar-refractivity contribution < 1.29 is 4.74 Å². The zero-order chi connectivity index (χ0) is 20.5. The predicted octanol–water partition coefficient (Wildman–Crippen LogP) is 3.70. The second-order valence-corrected chi connectivity index (χ2v) is 7.83. The minimum Gasteiger partial charge on any atom is -0.489 e. The summed E-state index contributed by atoms with van der Waals surface area (Å²) in [6.45, 7) is 4.72. The van der Waals surface area contributed by atoms with Gasteiger partial charge in [-0.1, -0.05) is 30.3 Å². The van der Waals surface area contributed by atoms with Crippen LogP contribution in [0.3, 0.4) is 0 Å². The van der Waals surface area contributed by atoms with Gasteiger partial charge in [0.1, 0.15) is 18.2 Å². The first-order valence-corrected chi connectivity index (χ1v) is 10.2. The lowest BCUT2D eigenvalue weighted by Gasteiger charge is -2.27. The molecule has 3 heterocycles. The van der Waals surface area contributed by atoms with Crippen molar-refractivity contribution in [1.82, 2.24) is 19.9 Å². The number of aromatic amines is 2. The van der Waals surface area contributed by atoms with E-state index in [1.54, 1.807) is 0 Å². The second-order valence-electron chi connectivity index (χ2n) is 7.83. The highest BCUT2D eigenvalue weighted by Crippen LogP contribution is 2.26. The molecule has 0 fully saturated rings. The van der Waals surface area contributed by atoms with Gasteiger partial charge in [-0.2, -0.15) is 0 Å². The standard InChI is InChI=1S/C24H24N4O2/c1-16-26-23-14-28(10-9-20(23)24(29)27-16)13-18-12-25-22-8-7-19(11-21(18)22)30-15-17-5-3-2-4-6-17/h2-8,11-12,25H,9-10,13-15H2,1H3,(H,26,27,29). The highest BCUT2D eigenvalue weighted by Gasteiger charge is 2.21. The van der Waals surface area contributed by atoms with Gasteiger partial charge in [-0.3, -0.25) is 9.69 Å². The number of H-pyrrole nitrogens is 2. The summed E-state index contributed by atoms with van der Waals surface area (Å²) in [5.41, 5.74) is 5.20. The van der Waals surface area contributed by atoms with Crippen molar-refractivity contribution in [2.24, 2.45) is 0 Å². The van der Waals surface area contributed by atoms with Gasteiger partial charge in [0.05, 0.1) is 5.69 Å². The molecule has 1 aliphatic heterocycles. The van der Waals surface area contributed by atoms with E-state index >= 15 is 0 Å². The topological polar surface area (TPSA) is 74.0 Å². The quantitative estimate of drug-likeness (QED) is 0.536. The van der Waals surface area contributed by atoms with Crippen molar-refractivity contribution in [2.45, 2.75) is 33.0 Å². The summed E-state index contributed by atoms with van der Waals surface area (Å²) in [7, 11) is 0. The molecule has 6 nitrogen and oxygen atoms in total. The molecule has 30 heavy (non-hydrogen) atoms. The van der Waals surface area contributed by atoms with Crippen LogP contribution in [0.2, 0.25) is 0 Å². The van der Waals surface area contributed by atoms with Crippen LogP contribution in [0.1, 0.15) is 28.2 Å². The highest BCUT2D eigenvalue weighted by atomic mass is 16.5. The summed E-state index contributed by atoms with van der Waals surface area (Å²) < 4.78 is 6.01. The normalized spacial score (nSPS) is 14.0. The van der Waals surface area contributed by atoms with E-state index in [9.17, 15) is 4.79 Å². The number of aryl methyl sites for hydroxylation is 1. The van der Waals surface area contributed by atoms with Gasteiger partial charge >= 0.3 is 0 Å². The smallest absolute Gasteiger partial charge is 0.254 e. The van der Waals surface area contributed by atoms with Gasteiger partial charge in [-0.15, -0.1) is 0 Å². The van der Waals surface area contributed by atoms with Crippen LogP contribution in [-0.2, 0) is 26.1 Å². The Hall–Kier alpha value is -3.38. The number of hydrogen-bond acceptors (Lipinski definition) is 4. The SMILES string of the molecule is Cc1nc2c(c(=O)[nH]1)CCN(Cc1c[nH]c3ccc(OCc4ccccc4)cc13)C2. The van der Waals surface area contributed by atoms with Crippen LogP contribution in [0.25, 0.3) is 10.9 Å². The molecular weight excluding hydrogens is 376 g/mol. The number of hydrogen-bond donors (Lipinski definition) is 2. The molecule has 2 N–H and O–H groups in total. The third kappa shape index (κ3) is 3.74. The number of aromatic nitrogens is 3. The molecule has 0 saturated carbocycles. The Labute approximate surface area is 174 Å². The minimum atomic E-state index is 0.00412. The van der Waals surface area contributed by atoms with Crippen LogP contribution in [0, 0.1) is 6.92 Å². The average Bonchev–Trinajstić information content (AvgIpc) is 3.14. The Morgan fingerprint density at radius 1 is 1.17 bits per heavy atom. The maximum absolute atomic E-state index is 12.2. The van der Waals surface area contributed by atoms with E-state index in [4.69, 9.17) is 4.74 Å². The fourth-order valence-electron chi connectivity index (χ4n) is 4.11. The van der Waals surface area contributed by atoms with Crippen LogP contribution in [0.15, 0.2) is 59.5 Å². The minimum absolute atomic E-state index is 0.00412. The summed E-state index contributed by atoms with van der Waals surface area (Å²) in [4.78, 5) is 25.2. The molecule has 4 aromatic rings. The molecule has 6 heteroatoms. The van der Waals surface area contributed by atoms with Crippen LogP contribution in [-0.4, -0.2) is 26.4 Å². The van der Waals surface area contributed by atoms with Crippen LogP contribution in [0.5, 0.6) is 5.75 Å². The Morgan fingerprint density at radius 3 is 2.90 bits per heavy atom. The van der Waals surface area contributed by atoms with Crippen molar-refractivity contribution in [3.05, 3.63) is 93.3 Å². The zero-order valence-corrected chi connectivity index (χ0v) is 16.9. The van der Waals surface area contributed by atoms with Crippen LogP contribution >= 0.6 is 0 Å². The molecule has 2 aromatic carbocycles. The van der Waals surface area contributed by atoms with Gasteiger partial charge < -0.3 is 14.7 Å². The van der Waals surface area contributed by atoms with E-state index in [1.165, 1.54) is 10.9 Å². The van der Waals surface area contributed by atoms with Gasteiger partial charge in [0.15, 0.2) is 0 Å². The Balaban J connectivity index is 1.34. The Bertz CT molecular complexity index is 1240. The van der Waals surface area contributed by atoms with E-state index in [1.807, 2.05) is 31.2 Å². The zero-order valence-electron chi connectivity index (χ0n) is 16.9. The molecule has 5 rings (SSSR count). The second kappa shape index (κ2) is 7.80. The summed E-state index contributed by atoms with van der Waals surface area (Å²) in [6, 6.07) is 16.4. The number of ether oxygens (including phenoxy) is 1. The fraction of sp³-hybridized carbons (Fsp3) is 0.250. The molecular formula is C24H24N4O2. The maximum atomic E-state index is 12.2. The number of nitrogens with one attached hydrogen (secondary N) is 2. The first-order valence-electron chi connectivity index (χ1n) is 10.2. The molecule has 152 valence electrons. The van der Waals surface area contributed by atoms with Gasteiger partial charge in [0.2, 0.25) is 0 Å². The molecule has 0 amide bonds. The molecule has 0 radical (unpaired) electrons. The van der Waals surface area contributed by atoms with Gasteiger partial charge in [0.25, 0.3) is 5.56 Å². The lowest BCUT2D eigenvalue weighted by atomic mass is 10.1.